The second kappa shape index (κ2) is 6.53. The molecule has 1 rings (SSSR count). The molecule has 0 aliphatic rings. The van der Waals surface area contributed by atoms with Gasteiger partial charge in [-0.15, -0.1) is 0 Å². The van der Waals surface area contributed by atoms with Crippen LogP contribution in [0, 0.1) is 0 Å². The summed E-state index contributed by atoms with van der Waals surface area (Å²) in [6.07, 6.45) is 2.88. The molecule has 0 amide bonds. The van der Waals surface area contributed by atoms with Crippen LogP contribution in [0.25, 0.3) is 0 Å². The second-order valence-electron chi connectivity index (χ2n) is 3.70. The minimum Gasteiger partial charge on any atom is -0.383 e. The number of hydrogen-bond donors (Lipinski definition) is 1. The minimum atomic E-state index is 0.270. The van der Waals surface area contributed by atoms with Gasteiger partial charge in [-0.25, -0.2) is 0 Å². The zero-order valence-corrected chi connectivity index (χ0v) is 9.73. The van der Waals surface area contributed by atoms with Crippen molar-refractivity contribution in [2.75, 3.05) is 13.7 Å². The summed E-state index contributed by atoms with van der Waals surface area (Å²) in [6.45, 7) is 5.02. The summed E-state index contributed by atoms with van der Waals surface area (Å²) in [5, 5.41) is 3.50. The van der Waals surface area contributed by atoms with Crippen LogP contribution in [0.5, 0.6) is 0 Å². The van der Waals surface area contributed by atoms with Crippen LogP contribution in [0.2, 0.25) is 0 Å². The van der Waals surface area contributed by atoms with Gasteiger partial charge in [0, 0.05) is 25.4 Å². The third-order valence-corrected chi connectivity index (χ3v) is 2.48. The highest BCUT2D eigenvalue weighted by molar-refractivity contribution is 5.07. The molecular weight excluding hydrogens is 188 g/mol. The van der Waals surface area contributed by atoms with Crippen molar-refractivity contribution in [3.63, 3.8) is 0 Å². The Morgan fingerprint density at radius 3 is 2.80 bits per heavy atom. The first-order valence-electron chi connectivity index (χ1n) is 5.43. The summed E-state index contributed by atoms with van der Waals surface area (Å²) in [7, 11) is 1.73. The Labute approximate surface area is 91.9 Å². The second-order valence-corrected chi connectivity index (χ2v) is 3.70. The molecule has 0 unspecified atom stereocenters. The van der Waals surface area contributed by atoms with Crippen molar-refractivity contribution in [3.8, 4) is 0 Å². The fraction of sp³-hybridized carbons (Fsp3) is 0.583. The normalized spacial score (nSPS) is 14.9. The molecule has 0 fully saturated rings. The highest BCUT2D eigenvalue weighted by atomic mass is 16.5. The topological polar surface area (TPSA) is 34.1 Å². The van der Waals surface area contributed by atoms with Gasteiger partial charge < -0.3 is 10.1 Å². The van der Waals surface area contributed by atoms with Crippen LogP contribution in [0.3, 0.4) is 0 Å². The van der Waals surface area contributed by atoms with Crippen molar-refractivity contribution in [2.45, 2.75) is 32.4 Å². The van der Waals surface area contributed by atoms with Gasteiger partial charge in [0.2, 0.25) is 0 Å². The van der Waals surface area contributed by atoms with Crippen LogP contribution in [0.1, 0.15) is 32.0 Å². The van der Waals surface area contributed by atoms with Crippen molar-refractivity contribution >= 4 is 0 Å². The molecule has 1 heterocycles. The zero-order chi connectivity index (χ0) is 11.1. The van der Waals surface area contributed by atoms with Crippen LogP contribution in [-0.4, -0.2) is 24.7 Å². The van der Waals surface area contributed by atoms with Gasteiger partial charge in [0.25, 0.3) is 0 Å². The average molecular weight is 208 g/mol. The Morgan fingerprint density at radius 2 is 2.27 bits per heavy atom. The number of pyridine rings is 1. The van der Waals surface area contributed by atoms with E-state index in [9.17, 15) is 0 Å². The van der Waals surface area contributed by atoms with Gasteiger partial charge in [0.15, 0.2) is 0 Å². The van der Waals surface area contributed by atoms with Gasteiger partial charge in [-0.3, -0.25) is 4.98 Å². The first-order chi connectivity index (χ1) is 7.27. The molecule has 0 saturated heterocycles. The van der Waals surface area contributed by atoms with E-state index in [0.29, 0.717) is 6.04 Å². The van der Waals surface area contributed by atoms with E-state index < -0.39 is 0 Å². The molecule has 84 valence electrons. The van der Waals surface area contributed by atoms with E-state index in [2.05, 4.69) is 24.1 Å². The van der Waals surface area contributed by atoms with Crippen molar-refractivity contribution in [1.29, 1.82) is 0 Å². The Kier molecular flexibility index (Phi) is 5.29. The first-order valence-corrected chi connectivity index (χ1v) is 5.43. The number of rotatable bonds is 6. The lowest BCUT2D eigenvalue weighted by molar-refractivity contribution is 0.159. The highest BCUT2D eigenvalue weighted by Crippen LogP contribution is 2.09. The van der Waals surface area contributed by atoms with E-state index in [1.54, 1.807) is 7.11 Å². The third-order valence-electron chi connectivity index (χ3n) is 2.48. The molecule has 15 heavy (non-hydrogen) atoms. The largest absolute Gasteiger partial charge is 0.383 e. The van der Waals surface area contributed by atoms with Gasteiger partial charge in [-0.2, -0.15) is 0 Å². The van der Waals surface area contributed by atoms with Crippen molar-refractivity contribution in [1.82, 2.24) is 10.3 Å². The smallest absolute Gasteiger partial charge is 0.0615 e. The molecule has 1 N–H and O–H groups in total. The lowest BCUT2D eigenvalue weighted by Crippen LogP contribution is -2.34. The number of aromatic nitrogens is 1. The maximum absolute atomic E-state index is 5.15. The standard InChI is InChI=1S/C12H20N2O/c1-4-11(9-15-3)14-10(2)12-7-5-6-8-13-12/h5-8,10-11,14H,4,9H2,1-3H3/t10-,11-/m1/s1. The first kappa shape index (κ1) is 12.1. The van der Waals surface area contributed by atoms with Crippen LogP contribution in [0.15, 0.2) is 24.4 Å². The van der Waals surface area contributed by atoms with E-state index in [-0.39, 0.29) is 6.04 Å². The predicted molar refractivity (Wildman–Crippen MR) is 61.7 cm³/mol. The van der Waals surface area contributed by atoms with Gasteiger partial charge in [-0.05, 0) is 25.5 Å². The molecule has 1 aromatic heterocycles. The zero-order valence-electron chi connectivity index (χ0n) is 9.73. The highest BCUT2D eigenvalue weighted by Gasteiger charge is 2.11. The van der Waals surface area contributed by atoms with Crippen LogP contribution < -0.4 is 5.32 Å². The van der Waals surface area contributed by atoms with Gasteiger partial charge in [0.1, 0.15) is 0 Å². The van der Waals surface area contributed by atoms with Crippen LogP contribution in [-0.2, 0) is 4.74 Å². The van der Waals surface area contributed by atoms with Crippen LogP contribution >= 0.6 is 0 Å². The molecular formula is C12H20N2O. The van der Waals surface area contributed by atoms with Crippen LogP contribution in [0.4, 0.5) is 0 Å². The fourth-order valence-electron chi connectivity index (χ4n) is 1.56. The van der Waals surface area contributed by atoms with E-state index in [0.717, 1.165) is 18.7 Å². The molecule has 0 aromatic carbocycles. The SMILES string of the molecule is CC[C@H](COC)N[C@H](C)c1ccccn1. The lowest BCUT2D eigenvalue weighted by atomic mass is 10.1. The van der Waals surface area contributed by atoms with E-state index in [4.69, 9.17) is 4.74 Å². The van der Waals surface area contributed by atoms with Gasteiger partial charge >= 0.3 is 0 Å². The van der Waals surface area contributed by atoms with Gasteiger partial charge in [0.05, 0.1) is 12.3 Å². The Morgan fingerprint density at radius 1 is 1.47 bits per heavy atom. The Hall–Kier alpha value is -0.930. The summed E-state index contributed by atoms with van der Waals surface area (Å²) < 4.78 is 5.15. The third kappa shape index (κ3) is 3.98. The maximum atomic E-state index is 5.15. The lowest BCUT2D eigenvalue weighted by Gasteiger charge is -2.21. The fourth-order valence-corrected chi connectivity index (χ4v) is 1.56. The number of methoxy groups -OCH3 is 1. The monoisotopic (exact) mass is 208 g/mol. The van der Waals surface area contributed by atoms with Crippen molar-refractivity contribution in [2.24, 2.45) is 0 Å². The van der Waals surface area contributed by atoms with E-state index in [1.807, 2.05) is 24.4 Å². The molecule has 3 heteroatoms. The summed E-state index contributed by atoms with van der Waals surface area (Å²) in [4.78, 5) is 4.32. The molecule has 0 spiro atoms. The van der Waals surface area contributed by atoms with E-state index in [1.165, 1.54) is 0 Å². The molecule has 0 radical (unpaired) electrons. The van der Waals surface area contributed by atoms with E-state index >= 15 is 0 Å². The molecule has 2 atom stereocenters. The maximum Gasteiger partial charge on any atom is 0.0615 e. The minimum absolute atomic E-state index is 0.270. The molecule has 0 aliphatic carbocycles. The molecule has 0 aliphatic heterocycles. The molecule has 0 bridgehead atoms. The number of hydrogen-bond acceptors (Lipinski definition) is 3. The van der Waals surface area contributed by atoms with Crippen molar-refractivity contribution < 1.29 is 4.74 Å². The number of ether oxygens (including phenoxy) is 1. The van der Waals surface area contributed by atoms with Gasteiger partial charge in [-0.1, -0.05) is 13.0 Å². The Bertz CT molecular complexity index is 264. The summed E-state index contributed by atoms with van der Waals surface area (Å²) in [5.74, 6) is 0. The summed E-state index contributed by atoms with van der Waals surface area (Å²) >= 11 is 0. The van der Waals surface area contributed by atoms with Crippen molar-refractivity contribution in [3.05, 3.63) is 30.1 Å². The summed E-state index contributed by atoms with van der Waals surface area (Å²) in [5.41, 5.74) is 1.08. The molecule has 3 nitrogen and oxygen atoms in total. The number of nitrogens with one attached hydrogen (secondary N) is 1. The summed E-state index contributed by atoms with van der Waals surface area (Å²) in [6, 6.07) is 6.65. The molecule has 1 aromatic rings. The number of nitrogens with zero attached hydrogens (tertiary/aromatic N) is 1. The Balaban J connectivity index is 2.50. The molecule has 0 saturated carbocycles. The quantitative estimate of drug-likeness (QED) is 0.778. The average Bonchev–Trinajstić information content (AvgIpc) is 2.29. The predicted octanol–water partition coefficient (Wildman–Crippen LogP) is 2.16.